The zero-order chi connectivity index (χ0) is 15.8. The van der Waals surface area contributed by atoms with Crippen LogP contribution < -0.4 is 0 Å². The van der Waals surface area contributed by atoms with Gasteiger partial charge in [0.1, 0.15) is 12.7 Å². The molecule has 0 aromatic carbocycles. The van der Waals surface area contributed by atoms with E-state index in [1.165, 1.54) is 16.8 Å². The molecule has 0 bridgehead atoms. The van der Waals surface area contributed by atoms with Crippen molar-refractivity contribution in [1.29, 1.82) is 0 Å². The average molecular weight is 325 g/mol. The highest BCUT2D eigenvalue weighted by molar-refractivity contribution is 7.10. The minimum Gasteiger partial charge on any atom is -0.331 e. The Morgan fingerprint density at radius 1 is 1.39 bits per heavy atom. The fourth-order valence-corrected chi connectivity index (χ4v) is 3.92. The van der Waals surface area contributed by atoms with Gasteiger partial charge in [-0.1, -0.05) is 0 Å². The molecule has 116 valence electrons. The van der Waals surface area contributed by atoms with Gasteiger partial charge in [0.15, 0.2) is 5.82 Å². The molecule has 0 saturated carbocycles. The Bertz CT molecular complexity index is 842. The Hall–Kier alpha value is -2.54. The Morgan fingerprint density at radius 3 is 3.13 bits per heavy atom. The third-order valence-electron chi connectivity index (χ3n) is 4.18. The first-order valence-electron chi connectivity index (χ1n) is 7.42. The van der Waals surface area contributed by atoms with E-state index < -0.39 is 0 Å². The number of carbonyl (C=O) groups is 1. The zero-order valence-corrected chi connectivity index (χ0v) is 13.4. The van der Waals surface area contributed by atoms with Crippen molar-refractivity contribution in [3.05, 3.63) is 58.4 Å². The van der Waals surface area contributed by atoms with Crippen molar-refractivity contribution in [2.45, 2.75) is 19.4 Å². The van der Waals surface area contributed by atoms with Crippen LogP contribution in [0.4, 0.5) is 0 Å². The van der Waals surface area contributed by atoms with E-state index in [9.17, 15) is 4.79 Å². The monoisotopic (exact) mass is 325 g/mol. The van der Waals surface area contributed by atoms with Crippen LogP contribution in [0.25, 0.3) is 5.82 Å². The Balaban J connectivity index is 1.64. The van der Waals surface area contributed by atoms with Crippen molar-refractivity contribution in [2.75, 3.05) is 6.54 Å². The molecule has 1 unspecified atom stereocenters. The van der Waals surface area contributed by atoms with Gasteiger partial charge in [0.25, 0.3) is 5.91 Å². The summed E-state index contributed by atoms with van der Waals surface area (Å²) < 4.78 is 1.55. The van der Waals surface area contributed by atoms with Crippen LogP contribution in [0.1, 0.15) is 33.8 Å². The highest BCUT2D eigenvalue weighted by atomic mass is 32.1. The van der Waals surface area contributed by atoms with Gasteiger partial charge in [0.05, 0.1) is 6.04 Å². The lowest BCUT2D eigenvalue weighted by atomic mass is 10.0. The lowest BCUT2D eigenvalue weighted by Gasteiger charge is -2.33. The molecular formula is C16H15N5OS. The van der Waals surface area contributed by atoms with Gasteiger partial charge in [-0.25, -0.2) is 14.6 Å². The second-order valence-electron chi connectivity index (χ2n) is 5.47. The van der Waals surface area contributed by atoms with Gasteiger partial charge in [-0.3, -0.25) is 4.79 Å². The molecule has 4 rings (SSSR count). The maximum absolute atomic E-state index is 12.9. The summed E-state index contributed by atoms with van der Waals surface area (Å²) in [5.41, 5.74) is 1.89. The van der Waals surface area contributed by atoms with E-state index in [4.69, 9.17) is 0 Å². The molecule has 0 spiro atoms. The van der Waals surface area contributed by atoms with Gasteiger partial charge in [0, 0.05) is 23.2 Å². The smallest absolute Gasteiger partial charge is 0.254 e. The Morgan fingerprint density at radius 2 is 2.30 bits per heavy atom. The third kappa shape index (κ3) is 2.43. The third-order valence-corrected chi connectivity index (χ3v) is 5.18. The molecule has 0 aliphatic carbocycles. The highest BCUT2D eigenvalue weighted by Crippen LogP contribution is 2.33. The molecule has 3 aromatic rings. The topological polar surface area (TPSA) is 63.9 Å². The van der Waals surface area contributed by atoms with Gasteiger partial charge in [-0.2, -0.15) is 5.10 Å². The SMILES string of the molecule is CC1c2ccsc2CCN1C(=O)c1ccnc(-n2cncn2)c1. The van der Waals surface area contributed by atoms with Gasteiger partial charge < -0.3 is 4.90 Å². The largest absolute Gasteiger partial charge is 0.331 e. The predicted octanol–water partition coefficient (Wildman–Crippen LogP) is 2.48. The molecule has 4 heterocycles. The molecule has 0 radical (unpaired) electrons. The number of amides is 1. The number of hydrogen-bond acceptors (Lipinski definition) is 5. The van der Waals surface area contributed by atoms with Crippen molar-refractivity contribution >= 4 is 17.2 Å². The summed E-state index contributed by atoms with van der Waals surface area (Å²) in [6.07, 6.45) is 5.57. The summed E-state index contributed by atoms with van der Waals surface area (Å²) in [5, 5.41) is 6.16. The summed E-state index contributed by atoms with van der Waals surface area (Å²) in [4.78, 5) is 24.4. The maximum Gasteiger partial charge on any atom is 0.254 e. The molecule has 1 amide bonds. The van der Waals surface area contributed by atoms with E-state index >= 15 is 0 Å². The van der Waals surface area contributed by atoms with Crippen molar-refractivity contribution in [3.8, 4) is 5.82 Å². The summed E-state index contributed by atoms with van der Waals surface area (Å²) in [5.74, 6) is 0.618. The quantitative estimate of drug-likeness (QED) is 0.726. The number of carbonyl (C=O) groups excluding carboxylic acids is 1. The molecule has 7 heteroatoms. The molecule has 23 heavy (non-hydrogen) atoms. The van der Waals surface area contributed by atoms with Crippen LogP contribution in [0.15, 0.2) is 42.4 Å². The fourth-order valence-electron chi connectivity index (χ4n) is 2.96. The van der Waals surface area contributed by atoms with Crippen LogP contribution >= 0.6 is 11.3 Å². The van der Waals surface area contributed by atoms with Crippen molar-refractivity contribution < 1.29 is 4.79 Å². The molecule has 0 N–H and O–H groups in total. The molecule has 3 aromatic heterocycles. The van der Waals surface area contributed by atoms with E-state index in [-0.39, 0.29) is 11.9 Å². The van der Waals surface area contributed by atoms with Crippen molar-refractivity contribution in [3.63, 3.8) is 0 Å². The molecule has 0 fully saturated rings. The molecular weight excluding hydrogens is 310 g/mol. The predicted molar refractivity (Wildman–Crippen MR) is 86.6 cm³/mol. The molecule has 1 atom stereocenters. The van der Waals surface area contributed by atoms with E-state index in [0.29, 0.717) is 11.4 Å². The Labute approximate surface area is 137 Å². The van der Waals surface area contributed by atoms with Gasteiger partial charge in [-0.05, 0) is 42.5 Å². The lowest BCUT2D eigenvalue weighted by Crippen LogP contribution is -2.38. The van der Waals surface area contributed by atoms with Crippen LogP contribution in [0.2, 0.25) is 0 Å². The summed E-state index contributed by atoms with van der Waals surface area (Å²) in [6, 6.07) is 5.73. The van der Waals surface area contributed by atoms with E-state index in [1.54, 1.807) is 40.7 Å². The Kier molecular flexibility index (Phi) is 3.42. The highest BCUT2D eigenvalue weighted by Gasteiger charge is 2.29. The first-order valence-corrected chi connectivity index (χ1v) is 8.30. The van der Waals surface area contributed by atoms with Crippen LogP contribution in [0, 0.1) is 0 Å². The van der Waals surface area contributed by atoms with Crippen LogP contribution in [-0.4, -0.2) is 37.1 Å². The van der Waals surface area contributed by atoms with E-state index in [1.807, 2.05) is 4.90 Å². The maximum atomic E-state index is 12.9. The van der Waals surface area contributed by atoms with Gasteiger partial charge >= 0.3 is 0 Å². The average Bonchev–Trinajstić information content (AvgIpc) is 3.26. The minimum absolute atomic E-state index is 0.0260. The van der Waals surface area contributed by atoms with Crippen LogP contribution in [0.3, 0.4) is 0 Å². The van der Waals surface area contributed by atoms with Crippen LogP contribution in [0.5, 0.6) is 0 Å². The summed E-state index contributed by atoms with van der Waals surface area (Å²) in [7, 11) is 0. The number of nitrogens with zero attached hydrogens (tertiary/aromatic N) is 5. The van der Waals surface area contributed by atoms with Crippen molar-refractivity contribution in [2.24, 2.45) is 0 Å². The molecule has 1 aliphatic rings. The lowest BCUT2D eigenvalue weighted by molar-refractivity contribution is 0.0679. The van der Waals surface area contributed by atoms with Gasteiger partial charge in [0.2, 0.25) is 0 Å². The summed E-state index contributed by atoms with van der Waals surface area (Å²) >= 11 is 1.77. The number of rotatable bonds is 2. The van der Waals surface area contributed by atoms with Crippen molar-refractivity contribution in [1.82, 2.24) is 24.6 Å². The second-order valence-corrected chi connectivity index (χ2v) is 6.47. The number of aromatic nitrogens is 4. The molecule has 6 nitrogen and oxygen atoms in total. The number of hydrogen-bond donors (Lipinski definition) is 0. The molecule has 1 aliphatic heterocycles. The van der Waals surface area contributed by atoms with E-state index in [0.717, 1.165) is 13.0 Å². The number of thiophene rings is 1. The number of fused-ring (bicyclic) bond motifs is 1. The van der Waals surface area contributed by atoms with Gasteiger partial charge in [-0.15, -0.1) is 11.3 Å². The first-order chi connectivity index (χ1) is 11.2. The van der Waals surface area contributed by atoms with E-state index in [2.05, 4.69) is 33.4 Å². The first kappa shape index (κ1) is 14.1. The second kappa shape index (κ2) is 5.58. The number of pyridine rings is 1. The standard InChI is InChI=1S/C16H15N5OS/c1-11-13-4-7-23-14(13)3-6-20(11)16(22)12-2-5-18-15(8-12)21-10-17-9-19-21/h2,4-5,7-11H,3,6H2,1H3. The normalized spacial score (nSPS) is 17.1. The summed E-state index contributed by atoms with van der Waals surface area (Å²) in [6.45, 7) is 2.83. The fraction of sp³-hybridized carbons (Fsp3) is 0.250. The zero-order valence-electron chi connectivity index (χ0n) is 12.6. The minimum atomic E-state index is 0.0260. The molecule has 0 saturated heterocycles. The van der Waals surface area contributed by atoms with Crippen LogP contribution in [-0.2, 0) is 6.42 Å².